The number of aliphatic hydroxyl groups excluding tert-OH is 1. The van der Waals surface area contributed by atoms with Gasteiger partial charge in [0.2, 0.25) is 16.9 Å². The molecule has 12 nitrogen and oxygen atoms in total. The average molecular weight is 390 g/mol. The summed E-state index contributed by atoms with van der Waals surface area (Å²) < 4.78 is 5.13. The molecule has 0 bridgehead atoms. The number of Topliss-reactive ketones (excluding diaryl/α,β-unsaturated/α-hetero) is 4. The number of hydrogen-bond donors (Lipinski definition) is 6. The van der Waals surface area contributed by atoms with Crippen molar-refractivity contribution in [2.24, 2.45) is 5.73 Å². The van der Waals surface area contributed by atoms with E-state index in [1.165, 1.54) is 0 Å². The second kappa shape index (κ2) is 6.73. The molecular formula is C15H22N2O10. The Morgan fingerprint density at radius 1 is 0.889 bits per heavy atom. The number of carbonyl (C=O) groups excluding carboxylic acids is 5. The summed E-state index contributed by atoms with van der Waals surface area (Å²) in [6.45, 7) is 1.41. The Bertz CT molecular complexity index is 723. The SMILES string of the molecule is CC(=O)C1(NC(N)=O)O[C@H](CO)[C@](O)(C(C)=O)[C@@](O)(C(C)=O)[C@@]1(O)C(C)=O. The lowest BCUT2D eigenvalue weighted by Crippen LogP contribution is -2.93. The van der Waals surface area contributed by atoms with Crippen LogP contribution in [0.25, 0.3) is 0 Å². The highest BCUT2D eigenvalue weighted by Gasteiger charge is 2.84. The van der Waals surface area contributed by atoms with Crippen molar-refractivity contribution in [2.75, 3.05) is 6.61 Å². The number of nitrogens with two attached hydrogens (primary N) is 1. The zero-order chi connectivity index (χ0) is 21.6. The Labute approximate surface area is 153 Å². The summed E-state index contributed by atoms with van der Waals surface area (Å²) in [5, 5.41) is 44.3. The molecule has 1 rings (SSSR count). The molecule has 7 N–H and O–H groups in total. The summed E-state index contributed by atoms with van der Waals surface area (Å²) in [7, 11) is 0. The van der Waals surface area contributed by atoms with E-state index in [4.69, 9.17) is 10.5 Å². The quantitative estimate of drug-likeness (QED) is 0.261. The normalized spacial score (nSPS) is 38.7. The largest absolute Gasteiger partial charge is 0.394 e. The van der Waals surface area contributed by atoms with Gasteiger partial charge in [-0.1, -0.05) is 0 Å². The molecule has 1 aliphatic rings. The molecule has 2 amide bonds. The van der Waals surface area contributed by atoms with Crippen LogP contribution in [-0.4, -0.2) is 84.8 Å². The van der Waals surface area contributed by atoms with Gasteiger partial charge in [0, 0.05) is 0 Å². The summed E-state index contributed by atoms with van der Waals surface area (Å²) in [5.74, 6) is -5.71. The lowest BCUT2D eigenvalue weighted by atomic mass is 9.57. The van der Waals surface area contributed by atoms with Gasteiger partial charge in [0.25, 0.3) is 0 Å². The van der Waals surface area contributed by atoms with Gasteiger partial charge >= 0.3 is 6.03 Å². The predicted molar refractivity (Wildman–Crippen MR) is 85.0 cm³/mol. The highest BCUT2D eigenvalue weighted by molar-refractivity contribution is 6.10. The number of urea groups is 1. The van der Waals surface area contributed by atoms with E-state index in [-0.39, 0.29) is 0 Å². The number of carbonyl (C=O) groups is 5. The maximum Gasteiger partial charge on any atom is 0.314 e. The van der Waals surface area contributed by atoms with Gasteiger partial charge < -0.3 is 36.2 Å². The van der Waals surface area contributed by atoms with E-state index in [0.29, 0.717) is 20.8 Å². The molecule has 0 aromatic heterocycles. The Morgan fingerprint density at radius 2 is 1.33 bits per heavy atom. The highest BCUT2D eigenvalue weighted by Crippen LogP contribution is 2.50. The molecule has 1 unspecified atom stereocenters. The van der Waals surface area contributed by atoms with Crippen LogP contribution in [-0.2, 0) is 23.9 Å². The minimum absolute atomic E-state index is 0.622. The second-order valence-electron chi connectivity index (χ2n) is 6.37. The van der Waals surface area contributed by atoms with Crippen molar-refractivity contribution in [1.29, 1.82) is 0 Å². The Balaban J connectivity index is 4.18. The lowest BCUT2D eigenvalue weighted by Gasteiger charge is -2.61. The summed E-state index contributed by atoms with van der Waals surface area (Å²) in [5.41, 5.74) is -8.94. The van der Waals surface area contributed by atoms with E-state index >= 15 is 0 Å². The summed E-state index contributed by atoms with van der Waals surface area (Å²) in [6, 6.07) is -1.51. The Hall–Kier alpha value is -2.25. The van der Waals surface area contributed by atoms with Crippen LogP contribution in [0.3, 0.4) is 0 Å². The van der Waals surface area contributed by atoms with Crippen molar-refractivity contribution in [3.8, 4) is 0 Å². The van der Waals surface area contributed by atoms with Crippen LogP contribution in [0, 0.1) is 0 Å². The third kappa shape index (κ3) is 2.52. The molecule has 1 heterocycles. The van der Waals surface area contributed by atoms with Gasteiger partial charge in [0.05, 0.1) is 6.61 Å². The molecule has 1 saturated heterocycles. The number of nitrogens with one attached hydrogen (secondary N) is 1. The maximum absolute atomic E-state index is 12.4. The van der Waals surface area contributed by atoms with Crippen molar-refractivity contribution in [2.45, 2.75) is 56.3 Å². The summed E-state index contributed by atoms with van der Waals surface area (Å²) >= 11 is 0. The van der Waals surface area contributed by atoms with Crippen molar-refractivity contribution >= 4 is 29.2 Å². The number of aliphatic hydroxyl groups is 4. The van der Waals surface area contributed by atoms with E-state index in [1.54, 1.807) is 5.32 Å². The molecule has 12 heteroatoms. The standard InChI is InChI=1S/C15H22N2O10/c1-6(19)12(24)10(5-18)27-15(9(4)22,17-11(16)23)14(26,8(3)21)13(12,25)7(2)20/h10,18,24-26H,5H2,1-4H3,(H3,16,17,23)/t10-,12-,13+,14+,15?/m1/s1. The van der Waals surface area contributed by atoms with Crippen LogP contribution >= 0.6 is 0 Å². The molecule has 1 fully saturated rings. The van der Waals surface area contributed by atoms with Crippen LogP contribution in [0.1, 0.15) is 27.7 Å². The molecule has 5 atom stereocenters. The van der Waals surface area contributed by atoms with Crippen LogP contribution in [0.2, 0.25) is 0 Å². The third-order valence-corrected chi connectivity index (χ3v) is 4.89. The first-order valence-electron chi connectivity index (χ1n) is 7.68. The van der Waals surface area contributed by atoms with E-state index in [2.05, 4.69) is 0 Å². The van der Waals surface area contributed by atoms with Crippen molar-refractivity contribution in [3.63, 3.8) is 0 Å². The van der Waals surface area contributed by atoms with Gasteiger partial charge in [-0.3, -0.25) is 19.2 Å². The molecule has 0 saturated carbocycles. The fraction of sp³-hybridized carbons (Fsp3) is 0.667. The van der Waals surface area contributed by atoms with E-state index < -0.39 is 64.4 Å². The first-order chi connectivity index (χ1) is 12.1. The molecule has 0 aromatic carbocycles. The third-order valence-electron chi connectivity index (χ3n) is 4.89. The molecule has 1 aliphatic heterocycles. The minimum atomic E-state index is -3.70. The first-order valence-corrected chi connectivity index (χ1v) is 7.68. The molecule has 0 aliphatic carbocycles. The van der Waals surface area contributed by atoms with Crippen molar-refractivity contribution in [3.05, 3.63) is 0 Å². The molecule has 0 aromatic rings. The number of ketones is 4. The summed E-state index contributed by atoms with van der Waals surface area (Å²) in [6.07, 6.45) is -2.21. The van der Waals surface area contributed by atoms with Gasteiger partial charge in [-0.15, -0.1) is 0 Å². The van der Waals surface area contributed by atoms with Crippen molar-refractivity contribution in [1.82, 2.24) is 5.32 Å². The monoisotopic (exact) mass is 390 g/mol. The predicted octanol–water partition coefficient (Wildman–Crippen LogP) is -3.71. The average Bonchev–Trinajstić information content (AvgIpc) is 2.53. The zero-order valence-corrected chi connectivity index (χ0v) is 15.1. The van der Waals surface area contributed by atoms with Gasteiger partial charge in [0.15, 0.2) is 28.7 Å². The lowest BCUT2D eigenvalue weighted by molar-refractivity contribution is -0.346. The van der Waals surface area contributed by atoms with E-state index in [1.807, 2.05) is 0 Å². The number of hydrogen-bond acceptors (Lipinski definition) is 10. The number of primary amides is 1. The summed E-state index contributed by atoms with van der Waals surface area (Å²) in [4.78, 5) is 60.7. The Morgan fingerprint density at radius 3 is 1.59 bits per heavy atom. The molecule has 0 spiro atoms. The van der Waals surface area contributed by atoms with E-state index in [9.17, 15) is 44.4 Å². The van der Waals surface area contributed by atoms with Gasteiger partial charge in [-0.2, -0.15) is 0 Å². The number of ether oxygens (including phenoxy) is 1. The smallest absolute Gasteiger partial charge is 0.314 e. The van der Waals surface area contributed by atoms with Crippen LogP contribution in [0.4, 0.5) is 4.79 Å². The molecular weight excluding hydrogens is 368 g/mol. The zero-order valence-electron chi connectivity index (χ0n) is 15.1. The fourth-order valence-electron chi connectivity index (χ4n) is 3.54. The maximum atomic E-state index is 12.4. The minimum Gasteiger partial charge on any atom is -0.394 e. The van der Waals surface area contributed by atoms with Crippen LogP contribution < -0.4 is 11.1 Å². The first kappa shape index (κ1) is 22.8. The molecule has 27 heavy (non-hydrogen) atoms. The van der Waals surface area contributed by atoms with Gasteiger partial charge in [-0.05, 0) is 27.7 Å². The van der Waals surface area contributed by atoms with Crippen molar-refractivity contribution < 1.29 is 49.1 Å². The number of rotatable bonds is 6. The second-order valence-corrected chi connectivity index (χ2v) is 6.37. The van der Waals surface area contributed by atoms with Gasteiger partial charge in [-0.25, -0.2) is 4.79 Å². The highest BCUT2D eigenvalue weighted by atomic mass is 16.6. The van der Waals surface area contributed by atoms with Gasteiger partial charge in [0.1, 0.15) is 6.10 Å². The van der Waals surface area contributed by atoms with E-state index in [0.717, 1.165) is 6.92 Å². The van der Waals surface area contributed by atoms with Crippen LogP contribution in [0.5, 0.6) is 0 Å². The fourth-order valence-corrected chi connectivity index (χ4v) is 3.54. The topological polar surface area (TPSA) is 214 Å². The molecule has 152 valence electrons. The van der Waals surface area contributed by atoms with Crippen LogP contribution in [0.15, 0.2) is 0 Å². The number of amides is 2. The molecule has 0 radical (unpaired) electrons. The Kier molecular flexibility index (Phi) is 5.68.